The van der Waals surface area contributed by atoms with Crippen molar-refractivity contribution in [2.24, 2.45) is 0 Å². The van der Waals surface area contributed by atoms with E-state index in [1.807, 2.05) is 35.2 Å². The number of ether oxygens (including phenoxy) is 1. The van der Waals surface area contributed by atoms with Gasteiger partial charge in [0.1, 0.15) is 11.9 Å². The zero-order valence-corrected chi connectivity index (χ0v) is 15.2. The Kier molecular flexibility index (Phi) is 5.19. The number of hydrogen-bond donors (Lipinski definition) is 1. The predicted octanol–water partition coefficient (Wildman–Crippen LogP) is 3.99. The van der Waals surface area contributed by atoms with Crippen molar-refractivity contribution in [2.45, 2.75) is 25.5 Å². The monoisotopic (exact) mass is 361 g/mol. The SMILES string of the molecule is O=C(NCc1cccc2ccccc12)N1CCC[C@@H](Oc2ccncc2)C1. The van der Waals surface area contributed by atoms with Crippen molar-refractivity contribution in [2.75, 3.05) is 13.1 Å². The molecule has 138 valence electrons. The summed E-state index contributed by atoms with van der Waals surface area (Å²) in [5.41, 5.74) is 1.13. The summed E-state index contributed by atoms with van der Waals surface area (Å²) >= 11 is 0. The van der Waals surface area contributed by atoms with Crippen LogP contribution in [0.3, 0.4) is 0 Å². The summed E-state index contributed by atoms with van der Waals surface area (Å²) in [4.78, 5) is 18.5. The number of pyridine rings is 1. The van der Waals surface area contributed by atoms with Crippen LogP contribution in [-0.2, 0) is 6.54 Å². The number of rotatable bonds is 4. The fourth-order valence-corrected chi connectivity index (χ4v) is 3.56. The van der Waals surface area contributed by atoms with Crippen LogP contribution in [0.2, 0.25) is 0 Å². The summed E-state index contributed by atoms with van der Waals surface area (Å²) in [5.74, 6) is 0.799. The third-order valence-corrected chi connectivity index (χ3v) is 4.93. The molecule has 1 aliphatic rings. The van der Waals surface area contributed by atoms with E-state index < -0.39 is 0 Å². The standard InChI is InChI=1S/C22H23N3O2/c26-22(24-15-18-7-3-6-17-5-1-2-9-21(17)18)25-14-4-8-20(16-25)27-19-10-12-23-13-11-19/h1-3,5-7,9-13,20H,4,8,14-16H2,(H,24,26)/t20-/m1/s1. The van der Waals surface area contributed by atoms with Crippen LogP contribution in [0.1, 0.15) is 18.4 Å². The second-order valence-corrected chi connectivity index (χ2v) is 6.81. The number of carbonyl (C=O) groups excluding carboxylic acids is 1. The minimum absolute atomic E-state index is 0.0180. The van der Waals surface area contributed by atoms with Gasteiger partial charge < -0.3 is 15.0 Å². The fraction of sp³-hybridized carbons (Fsp3) is 0.273. The van der Waals surface area contributed by atoms with Crippen molar-refractivity contribution in [3.63, 3.8) is 0 Å². The lowest BCUT2D eigenvalue weighted by Crippen LogP contribution is -2.48. The number of likely N-dealkylation sites (tertiary alicyclic amines) is 1. The maximum atomic E-state index is 12.7. The Hall–Kier alpha value is -3.08. The molecule has 1 saturated heterocycles. The Balaban J connectivity index is 1.36. The van der Waals surface area contributed by atoms with Gasteiger partial charge in [0.05, 0.1) is 6.54 Å². The first kappa shape index (κ1) is 17.3. The van der Waals surface area contributed by atoms with Crippen LogP contribution in [0.15, 0.2) is 67.0 Å². The summed E-state index contributed by atoms with van der Waals surface area (Å²) in [6.45, 7) is 1.88. The molecule has 27 heavy (non-hydrogen) atoms. The number of aromatic nitrogens is 1. The quantitative estimate of drug-likeness (QED) is 0.764. The highest BCUT2D eigenvalue weighted by Gasteiger charge is 2.24. The lowest BCUT2D eigenvalue weighted by molar-refractivity contribution is 0.101. The summed E-state index contributed by atoms with van der Waals surface area (Å²) < 4.78 is 5.99. The Labute approximate surface area is 159 Å². The Morgan fingerprint density at radius 1 is 1.11 bits per heavy atom. The van der Waals surface area contributed by atoms with Gasteiger partial charge in [-0.1, -0.05) is 42.5 Å². The molecule has 0 saturated carbocycles. The van der Waals surface area contributed by atoms with Crippen molar-refractivity contribution in [1.82, 2.24) is 15.2 Å². The lowest BCUT2D eigenvalue weighted by Gasteiger charge is -2.33. The van der Waals surface area contributed by atoms with Crippen molar-refractivity contribution in [3.8, 4) is 5.75 Å². The average molecular weight is 361 g/mol. The Morgan fingerprint density at radius 3 is 2.81 bits per heavy atom. The van der Waals surface area contributed by atoms with Crippen LogP contribution in [0.25, 0.3) is 10.8 Å². The van der Waals surface area contributed by atoms with Crippen LogP contribution in [0, 0.1) is 0 Å². The van der Waals surface area contributed by atoms with Gasteiger partial charge in [0.15, 0.2) is 0 Å². The summed E-state index contributed by atoms with van der Waals surface area (Å²) in [7, 11) is 0. The van der Waals surface area contributed by atoms with Crippen molar-refractivity contribution >= 4 is 16.8 Å². The van der Waals surface area contributed by atoms with Gasteiger partial charge in [-0.3, -0.25) is 4.98 Å². The first-order valence-corrected chi connectivity index (χ1v) is 9.36. The van der Waals surface area contributed by atoms with Gasteiger partial charge in [-0.15, -0.1) is 0 Å². The first-order chi connectivity index (χ1) is 13.3. The molecule has 5 heteroatoms. The highest BCUT2D eigenvalue weighted by molar-refractivity contribution is 5.86. The van der Waals surface area contributed by atoms with Crippen molar-refractivity contribution in [1.29, 1.82) is 0 Å². The largest absolute Gasteiger partial charge is 0.488 e. The molecule has 0 unspecified atom stereocenters. The molecule has 0 radical (unpaired) electrons. The van der Waals surface area contributed by atoms with E-state index in [1.165, 1.54) is 10.8 Å². The van der Waals surface area contributed by atoms with Crippen LogP contribution in [0.4, 0.5) is 4.79 Å². The van der Waals surface area contributed by atoms with Crippen LogP contribution < -0.4 is 10.1 Å². The van der Waals surface area contributed by atoms with E-state index in [4.69, 9.17) is 4.74 Å². The van der Waals surface area contributed by atoms with Gasteiger partial charge in [0.2, 0.25) is 0 Å². The number of nitrogens with zero attached hydrogens (tertiary/aromatic N) is 2. The third kappa shape index (κ3) is 4.19. The number of hydrogen-bond acceptors (Lipinski definition) is 3. The molecule has 1 aliphatic heterocycles. The number of nitrogens with one attached hydrogen (secondary N) is 1. The van der Waals surface area contributed by atoms with E-state index in [0.717, 1.165) is 30.7 Å². The van der Waals surface area contributed by atoms with Gasteiger partial charge in [0.25, 0.3) is 0 Å². The summed E-state index contributed by atoms with van der Waals surface area (Å²) in [6, 6.07) is 18.1. The molecule has 0 aliphatic carbocycles. The molecule has 4 rings (SSSR count). The fourth-order valence-electron chi connectivity index (χ4n) is 3.56. The highest BCUT2D eigenvalue weighted by Crippen LogP contribution is 2.20. The summed E-state index contributed by atoms with van der Waals surface area (Å²) in [5, 5.41) is 5.43. The zero-order chi connectivity index (χ0) is 18.5. The molecule has 3 aromatic rings. The van der Waals surface area contributed by atoms with Gasteiger partial charge in [0, 0.05) is 25.5 Å². The van der Waals surface area contributed by atoms with Gasteiger partial charge in [-0.2, -0.15) is 0 Å². The molecule has 2 aromatic carbocycles. The Bertz CT molecular complexity index is 908. The van der Waals surface area contributed by atoms with Gasteiger partial charge in [-0.25, -0.2) is 4.79 Å². The van der Waals surface area contributed by atoms with Gasteiger partial charge >= 0.3 is 6.03 Å². The molecule has 1 aromatic heterocycles. The van der Waals surface area contributed by atoms with E-state index in [9.17, 15) is 4.79 Å². The van der Waals surface area contributed by atoms with E-state index in [2.05, 4.69) is 34.6 Å². The molecule has 5 nitrogen and oxygen atoms in total. The second-order valence-electron chi connectivity index (χ2n) is 6.81. The molecule has 0 bridgehead atoms. The van der Waals surface area contributed by atoms with E-state index in [-0.39, 0.29) is 12.1 Å². The average Bonchev–Trinajstić information content (AvgIpc) is 2.73. The lowest BCUT2D eigenvalue weighted by atomic mass is 10.0. The van der Waals surface area contributed by atoms with E-state index in [1.54, 1.807) is 12.4 Å². The van der Waals surface area contributed by atoms with Crippen LogP contribution in [0.5, 0.6) is 5.75 Å². The van der Waals surface area contributed by atoms with Gasteiger partial charge in [-0.05, 0) is 41.3 Å². The second kappa shape index (κ2) is 8.08. The third-order valence-electron chi connectivity index (χ3n) is 4.93. The molecule has 0 spiro atoms. The number of carbonyl (C=O) groups is 1. The molecule has 2 heterocycles. The molecular formula is C22H23N3O2. The van der Waals surface area contributed by atoms with E-state index in [0.29, 0.717) is 13.1 Å². The number of urea groups is 1. The Morgan fingerprint density at radius 2 is 1.93 bits per heavy atom. The first-order valence-electron chi connectivity index (χ1n) is 9.36. The maximum Gasteiger partial charge on any atom is 0.317 e. The molecule has 2 amide bonds. The highest BCUT2D eigenvalue weighted by atomic mass is 16.5. The van der Waals surface area contributed by atoms with Crippen molar-refractivity contribution < 1.29 is 9.53 Å². The predicted molar refractivity (Wildman–Crippen MR) is 106 cm³/mol. The molecule has 1 atom stereocenters. The minimum Gasteiger partial charge on any atom is -0.488 e. The minimum atomic E-state index is -0.0361. The smallest absolute Gasteiger partial charge is 0.317 e. The molecular weight excluding hydrogens is 338 g/mol. The molecule has 1 N–H and O–H groups in total. The maximum absolute atomic E-state index is 12.7. The number of amides is 2. The number of fused-ring (bicyclic) bond motifs is 1. The van der Waals surface area contributed by atoms with Crippen LogP contribution in [-0.4, -0.2) is 35.1 Å². The molecule has 1 fully saturated rings. The zero-order valence-electron chi connectivity index (χ0n) is 15.2. The number of benzene rings is 2. The van der Waals surface area contributed by atoms with Crippen LogP contribution >= 0.6 is 0 Å². The topological polar surface area (TPSA) is 54.5 Å². The summed E-state index contributed by atoms with van der Waals surface area (Å²) in [6.07, 6.45) is 5.34. The van der Waals surface area contributed by atoms with Crippen molar-refractivity contribution in [3.05, 3.63) is 72.6 Å². The normalized spacial score (nSPS) is 16.9. The number of piperidine rings is 1. The van der Waals surface area contributed by atoms with E-state index >= 15 is 0 Å².